The van der Waals surface area contributed by atoms with E-state index in [-0.39, 0.29) is 0 Å². The van der Waals surface area contributed by atoms with Crippen LogP contribution < -0.4 is 10.6 Å². The second kappa shape index (κ2) is 7.91. The van der Waals surface area contributed by atoms with Crippen molar-refractivity contribution in [1.82, 2.24) is 0 Å². The number of aliphatic imine (C=N–C) groups is 1. The van der Waals surface area contributed by atoms with Crippen molar-refractivity contribution in [1.29, 1.82) is 0 Å². The topological polar surface area (TPSA) is 41.6 Å². The first-order chi connectivity index (χ1) is 13.6. The molecule has 0 saturated heterocycles. The van der Waals surface area contributed by atoms with Crippen LogP contribution in [0.2, 0.25) is 5.02 Å². The molecule has 3 aromatic rings. The Hall–Kier alpha value is -3.04. The monoisotopic (exact) mass is 387 g/mol. The van der Waals surface area contributed by atoms with Gasteiger partial charge in [-0.25, -0.2) is 4.99 Å². The van der Waals surface area contributed by atoms with Gasteiger partial charge in [0.2, 0.25) is 0 Å². The van der Waals surface area contributed by atoms with Crippen LogP contribution >= 0.6 is 11.6 Å². The third-order valence-corrected chi connectivity index (χ3v) is 5.23. The molecule has 4 rings (SSSR count). The maximum Gasteiger partial charge on any atom is 0.124 e. The summed E-state index contributed by atoms with van der Waals surface area (Å²) in [7, 11) is 2.15. The molecule has 4 heteroatoms. The molecule has 1 heterocycles. The van der Waals surface area contributed by atoms with Crippen molar-refractivity contribution in [3.63, 3.8) is 0 Å². The summed E-state index contributed by atoms with van der Waals surface area (Å²) in [5, 5.41) is 0.684. The van der Waals surface area contributed by atoms with E-state index >= 15 is 0 Å². The molecule has 2 N–H and O–H groups in total. The van der Waals surface area contributed by atoms with Crippen molar-refractivity contribution in [3.8, 4) is 11.1 Å². The predicted octanol–water partition coefficient (Wildman–Crippen LogP) is 5.70. The second-order valence-electron chi connectivity index (χ2n) is 6.98. The first-order valence-electron chi connectivity index (χ1n) is 9.31. The number of benzene rings is 3. The molecule has 0 aliphatic carbocycles. The Labute approximate surface area is 170 Å². The van der Waals surface area contributed by atoms with Gasteiger partial charge in [-0.05, 0) is 71.1 Å². The molecule has 0 atom stereocenters. The van der Waals surface area contributed by atoms with Crippen molar-refractivity contribution in [3.05, 3.63) is 89.0 Å². The zero-order chi connectivity index (χ0) is 19.5. The highest BCUT2D eigenvalue weighted by molar-refractivity contribution is 6.30. The zero-order valence-corrected chi connectivity index (χ0v) is 16.5. The number of hydrogen-bond acceptors (Lipinski definition) is 2. The summed E-state index contributed by atoms with van der Waals surface area (Å²) in [6, 6.07) is 22.5. The standard InChI is InChI=1S/C24H22ClN3/c1-28-15-14-20-16-19(7-12-23(20)28)18-5-2-17(3-6-18)4-13-24(26)27-22-10-8-21(25)9-11-22/h2-13,16H,14-15H2,1H3,(H2,26,27). The van der Waals surface area contributed by atoms with Crippen molar-refractivity contribution < 1.29 is 0 Å². The van der Waals surface area contributed by atoms with Gasteiger partial charge in [0.15, 0.2) is 0 Å². The van der Waals surface area contributed by atoms with E-state index in [4.69, 9.17) is 17.3 Å². The molecule has 0 aromatic heterocycles. The van der Waals surface area contributed by atoms with E-state index in [0.29, 0.717) is 10.9 Å². The third kappa shape index (κ3) is 4.10. The minimum atomic E-state index is 0.453. The number of hydrogen-bond donors (Lipinski definition) is 1. The molecule has 0 fully saturated rings. The first-order valence-corrected chi connectivity index (χ1v) is 9.68. The number of anilines is 1. The molecule has 3 aromatic carbocycles. The lowest BCUT2D eigenvalue weighted by atomic mass is 10.0. The molecule has 140 valence electrons. The molecule has 0 bridgehead atoms. The molecule has 1 aliphatic rings. The smallest absolute Gasteiger partial charge is 0.124 e. The largest absolute Gasteiger partial charge is 0.384 e. The molecular weight excluding hydrogens is 366 g/mol. The summed E-state index contributed by atoms with van der Waals surface area (Å²) in [4.78, 5) is 6.67. The van der Waals surface area contributed by atoms with E-state index in [0.717, 1.165) is 24.2 Å². The summed E-state index contributed by atoms with van der Waals surface area (Å²) in [6.45, 7) is 1.10. The average Bonchev–Trinajstić information content (AvgIpc) is 3.09. The highest BCUT2D eigenvalue weighted by Crippen LogP contribution is 2.31. The Morgan fingerprint density at radius 2 is 1.71 bits per heavy atom. The van der Waals surface area contributed by atoms with Crippen LogP contribution in [0.25, 0.3) is 17.2 Å². The van der Waals surface area contributed by atoms with Gasteiger partial charge < -0.3 is 10.6 Å². The molecule has 28 heavy (non-hydrogen) atoms. The lowest BCUT2D eigenvalue weighted by molar-refractivity contribution is 0.956. The summed E-state index contributed by atoms with van der Waals surface area (Å²) >= 11 is 5.88. The molecule has 1 aliphatic heterocycles. The van der Waals surface area contributed by atoms with Gasteiger partial charge in [0.05, 0.1) is 5.69 Å². The highest BCUT2D eigenvalue weighted by Gasteiger charge is 2.15. The number of nitrogens with zero attached hydrogens (tertiary/aromatic N) is 2. The maximum absolute atomic E-state index is 6.00. The Balaban J connectivity index is 1.47. The van der Waals surface area contributed by atoms with Crippen LogP contribution in [-0.4, -0.2) is 19.4 Å². The molecule has 0 spiro atoms. The second-order valence-corrected chi connectivity index (χ2v) is 7.42. The summed E-state index contributed by atoms with van der Waals surface area (Å²) in [5.74, 6) is 0.453. The molecule has 0 saturated carbocycles. The van der Waals surface area contributed by atoms with Crippen molar-refractivity contribution in [2.45, 2.75) is 6.42 Å². The van der Waals surface area contributed by atoms with Crippen LogP contribution in [0.5, 0.6) is 0 Å². The summed E-state index contributed by atoms with van der Waals surface area (Å²) < 4.78 is 0. The van der Waals surface area contributed by atoms with Gasteiger partial charge in [-0.1, -0.05) is 48.0 Å². The molecule has 3 nitrogen and oxygen atoms in total. The van der Waals surface area contributed by atoms with E-state index in [1.165, 1.54) is 22.4 Å². The average molecular weight is 388 g/mol. The van der Waals surface area contributed by atoms with E-state index in [1.54, 1.807) is 12.1 Å². The van der Waals surface area contributed by atoms with Crippen molar-refractivity contribution in [2.75, 3.05) is 18.5 Å². The van der Waals surface area contributed by atoms with Crippen LogP contribution in [0.1, 0.15) is 11.1 Å². The van der Waals surface area contributed by atoms with Gasteiger partial charge in [0, 0.05) is 24.3 Å². The fourth-order valence-corrected chi connectivity index (χ4v) is 3.54. The van der Waals surface area contributed by atoms with Gasteiger partial charge >= 0.3 is 0 Å². The summed E-state index contributed by atoms with van der Waals surface area (Å²) in [6.07, 6.45) is 4.90. The quantitative estimate of drug-likeness (QED) is 0.460. The van der Waals surface area contributed by atoms with Crippen LogP contribution in [0.3, 0.4) is 0 Å². The molecule has 0 amide bonds. The van der Waals surface area contributed by atoms with Crippen molar-refractivity contribution >= 4 is 34.9 Å². The Morgan fingerprint density at radius 1 is 1.00 bits per heavy atom. The lowest BCUT2D eigenvalue weighted by Crippen LogP contribution is -2.12. The van der Waals surface area contributed by atoms with E-state index in [2.05, 4.69) is 59.4 Å². The van der Waals surface area contributed by atoms with Gasteiger partial charge in [-0.3, -0.25) is 0 Å². The number of fused-ring (bicyclic) bond motifs is 1. The third-order valence-electron chi connectivity index (χ3n) is 4.98. The van der Waals surface area contributed by atoms with Gasteiger partial charge in [-0.15, -0.1) is 0 Å². The Morgan fingerprint density at radius 3 is 2.46 bits per heavy atom. The van der Waals surface area contributed by atoms with Gasteiger partial charge in [-0.2, -0.15) is 0 Å². The zero-order valence-electron chi connectivity index (χ0n) is 15.8. The van der Waals surface area contributed by atoms with Crippen LogP contribution in [0.15, 0.2) is 77.8 Å². The lowest BCUT2D eigenvalue weighted by Gasteiger charge is -2.12. The molecule has 0 radical (unpaired) electrons. The molecule has 0 unspecified atom stereocenters. The Bertz CT molecular complexity index is 1030. The van der Waals surface area contributed by atoms with Gasteiger partial charge in [0.1, 0.15) is 5.84 Å². The van der Waals surface area contributed by atoms with Crippen molar-refractivity contribution in [2.24, 2.45) is 10.7 Å². The van der Waals surface area contributed by atoms with Crippen LogP contribution in [-0.2, 0) is 6.42 Å². The highest BCUT2D eigenvalue weighted by atomic mass is 35.5. The fourth-order valence-electron chi connectivity index (χ4n) is 3.42. The molecular formula is C24H22ClN3. The fraction of sp³-hybridized carbons (Fsp3) is 0.125. The minimum absolute atomic E-state index is 0.453. The maximum atomic E-state index is 6.00. The number of halogens is 1. The summed E-state index contributed by atoms with van der Waals surface area (Å²) in [5.41, 5.74) is 13.1. The Kier molecular flexibility index (Phi) is 5.18. The number of amidine groups is 1. The van der Waals surface area contributed by atoms with Crippen LogP contribution in [0.4, 0.5) is 11.4 Å². The van der Waals surface area contributed by atoms with E-state index in [1.807, 2.05) is 24.3 Å². The van der Waals surface area contributed by atoms with Crippen LogP contribution in [0, 0.1) is 0 Å². The first kappa shape index (κ1) is 18.3. The number of likely N-dealkylation sites (N-methyl/N-ethyl adjacent to an activating group) is 1. The van der Waals surface area contributed by atoms with E-state index < -0.39 is 0 Å². The minimum Gasteiger partial charge on any atom is -0.384 e. The van der Waals surface area contributed by atoms with E-state index in [9.17, 15) is 0 Å². The predicted molar refractivity (Wildman–Crippen MR) is 121 cm³/mol. The number of rotatable bonds is 4. The number of nitrogens with two attached hydrogens (primary N) is 1. The normalized spacial score (nSPS) is 13.9. The van der Waals surface area contributed by atoms with Gasteiger partial charge in [0.25, 0.3) is 0 Å². The SMILES string of the molecule is CN1CCc2cc(-c3ccc(C=CC(N)=Nc4ccc(Cl)cc4)cc3)ccc21.